The summed E-state index contributed by atoms with van der Waals surface area (Å²) >= 11 is 0. The first-order valence-corrected chi connectivity index (χ1v) is 13.8. The number of rotatable bonds is 7. The maximum Gasteiger partial charge on any atom is 0.0222 e. The van der Waals surface area contributed by atoms with Crippen LogP contribution >= 0.6 is 0 Å². The maximum atomic E-state index is 7.59. The van der Waals surface area contributed by atoms with E-state index in [1.54, 1.807) is 0 Å². The minimum atomic E-state index is 0.109. The Kier molecular flexibility index (Phi) is 6.80. The largest absolute Gasteiger partial charge is 0.325 e. The molecule has 1 nitrogen and oxygen atoms in total. The Morgan fingerprint density at radius 1 is 1.03 bits per heavy atom. The molecule has 3 saturated carbocycles. The lowest BCUT2D eigenvalue weighted by molar-refractivity contribution is -0.0970. The predicted molar refractivity (Wildman–Crippen MR) is 130 cm³/mol. The monoisotopic (exact) mass is 413 g/mol. The van der Waals surface area contributed by atoms with Crippen LogP contribution in [-0.2, 0) is 0 Å². The van der Waals surface area contributed by atoms with E-state index in [4.69, 9.17) is 5.73 Å². The van der Waals surface area contributed by atoms with E-state index in [0.717, 1.165) is 41.4 Å². The molecule has 3 fully saturated rings. The summed E-state index contributed by atoms with van der Waals surface area (Å²) in [6.07, 6.45) is 20.8. The van der Waals surface area contributed by atoms with Gasteiger partial charge in [0.2, 0.25) is 0 Å². The Labute approximate surface area is 188 Å². The number of nitrogens with two attached hydrogens (primary N) is 1. The molecule has 8 atom stereocenters. The van der Waals surface area contributed by atoms with Crippen LogP contribution in [0.3, 0.4) is 0 Å². The Morgan fingerprint density at radius 2 is 1.83 bits per heavy atom. The molecule has 4 aliphatic rings. The van der Waals surface area contributed by atoms with Crippen LogP contribution in [0.1, 0.15) is 118 Å². The van der Waals surface area contributed by atoms with Crippen LogP contribution in [0.25, 0.3) is 0 Å². The van der Waals surface area contributed by atoms with E-state index in [1.165, 1.54) is 83.5 Å². The molecule has 0 bridgehead atoms. The summed E-state index contributed by atoms with van der Waals surface area (Å²) in [5.74, 6) is 5.78. The Bertz CT molecular complexity index is 620. The molecular formula is C29H51N. The quantitative estimate of drug-likeness (QED) is 0.419. The lowest BCUT2D eigenvalue weighted by atomic mass is 9.42. The molecule has 4 rings (SSSR count). The average molecular weight is 414 g/mol. The van der Waals surface area contributed by atoms with E-state index in [-0.39, 0.29) is 5.54 Å². The normalized spacial score (nSPS) is 42.8. The second-order valence-corrected chi connectivity index (χ2v) is 12.5. The number of hydrogen-bond donors (Lipinski definition) is 1. The first-order valence-electron chi connectivity index (χ1n) is 13.8. The molecule has 0 saturated heterocycles. The van der Waals surface area contributed by atoms with Crippen LogP contribution in [-0.4, -0.2) is 5.54 Å². The van der Waals surface area contributed by atoms with Gasteiger partial charge in [0.15, 0.2) is 0 Å². The third-order valence-electron chi connectivity index (χ3n) is 10.9. The zero-order chi connectivity index (χ0) is 21.5. The van der Waals surface area contributed by atoms with E-state index < -0.39 is 0 Å². The summed E-state index contributed by atoms with van der Waals surface area (Å²) in [6.45, 7) is 12.3. The fraction of sp³-hybridized carbons (Fsp3) is 0.931. The van der Waals surface area contributed by atoms with Crippen LogP contribution in [0.4, 0.5) is 0 Å². The molecular weight excluding hydrogens is 362 g/mol. The van der Waals surface area contributed by atoms with E-state index >= 15 is 0 Å². The standard InChI is InChI=1S/C29H51N/c1-6-22(5)28-18-17-26-24(21(4)11-9-10-20(2)3)16-19-29(26,30)27(28)15-14-23-12-7-8-13-25(23)28/h14,20-22,24-27H,6-13,15-19,30H2,1-5H3. The van der Waals surface area contributed by atoms with Crippen molar-refractivity contribution in [3.63, 3.8) is 0 Å². The van der Waals surface area contributed by atoms with E-state index in [1.807, 2.05) is 5.57 Å². The Morgan fingerprint density at radius 3 is 2.57 bits per heavy atom. The number of fused-ring (bicyclic) bond motifs is 5. The molecule has 30 heavy (non-hydrogen) atoms. The highest BCUT2D eigenvalue weighted by Gasteiger charge is 2.64. The lowest BCUT2D eigenvalue weighted by Gasteiger charge is -2.64. The topological polar surface area (TPSA) is 26.0 Å². The van der Waals surface area contributed by atoms with Crippen LogP contribution in [0, 0.1) is 46.8 Å². The highest BCUT2D eigenvalue weighted by molar-refractivity contribution is 5.27. The summed E-state index contributed by atoms with van der Waals surface area (Å²) in [5, 5.41) is 0. The summed E-state index contributed by atoms with van der Waals surface area (Å²) < 4.78 is 0. The zero-order valence-corrected chi connectivity index (χ0v) is 20.9. The average Bonchev–Trinajstić information content (AvgIpc) is 3.09. The highest BCUT2D eigenvalue weighted by atomic mass is 14.9. The third-order valence-corrected chi connectivity index (χ3v) is 10.9. The summed E-state index contributed by atoms with van der Waals surface area (Å²) in [4.78, 5) is 0. The van der Waals surface area contributed by atoms with Crippen LogP contribution in [0.15, 0.2) is 11.6 Å². The lowest BCUT2D eigenvalue weighted by Crippen LogP contribution is -2.65. The van der Waals surface area contributed by atoms with Crippen molar-refractivity contribution in [1.29, 1.82) is 0 Å². The van der Waals surface area contributed by atoms with Gasteiger partial charge in [-0.15, -0.1) is 0 Å². The van der Waals surface area contributed by atoms with Crippen LogP contribution in [0.5, 0.6) is 0 Å². The molecule has 0 heterocycles. The summed E-state index contributed by atoms with van der Waals surface area (Å²) in [6, 6.07) is 0. The van der Waals surface area contributed by atoms with Gasteiger partial charge in [-0.2, -0.15) is 0 Å². The van der Waals surface area contributed by atoms with E-state index in [0.29, 0.717) is 5.41 Å². The van der Waals surface area contributed by atoms with Crippen molar-refractivity contribution in [3.05, 3.63) is 11.6 Å². The van der Waals surface area contributed by atoms with Crippen LogP contribution in [0.2, 0.25) is 0 Å². The molecule has 0 aliphatic heterocycles. The first-order chi connectivity index (χ1) is 14.3. The summed E-state index contributed by atoms with van der Waals surface area (Å²) in [7, 11) is 0. The smallest absolute Gasteiger partial charge is 0.0222 e. The molecule has 172 valence electrons. The van der Waals surface area contributed by atoms with E-state index in [9.17, 15) is 0 Å². The first kappa shape index (κ1) is 22.9. The van der Waals surface area contributed by atoms with E-state index in [2.05, 4.69) is 40.7 Å². The number of allylic oxidation sites excluding steroid dienone is 2. The molecule has 0 aromatic heterocycles. The van der Waals surface area contributed by atoms with Gasteiger partial charge in [-0.25, -0.2) is 0 Å². The van der Waals surface area contributed by atoms with Crippen molar-refractivity contribution in [2.45, 2.75) is 124 Å². The van der Waals surface area contributed by atoms with Crippen LogP contribution < -0.4 is 5.73 Å². The fourth-order valence-electron chi connectivity index (χ4n) is 9.27. The molecule has 0 spiro atoms. The fourth-order valence-corrected chi connectivity index (χ4v) is 9.27. The van der Waals surface area contributed by atoms with Crippen molar-refractivity contribution in [2.75, 3.05) is 0 Å². The third kappa shape index (κ3) is 3.64. The Balaban J connectivity index is 1.59. The van der Waals surface area contributed by atoms with Gasteiger partial charge in [-0.05, 0) is 98.2 Å². The van der Waals surface area contributed by atoms with Gasteiger partial charge in [-0.3, -0.25) is 0 Å². The van der Waals surface area contributed by atoms with Crippen molar-refractivity contribution >= 4 is 0 Å². The second-order valence-electron chi connectivity index (χ2n) is 12.5. The van der Waals surface area contributed by atoms with Crippen molar-refractivity contribution in [1.82, 2.24) is 0 Å². The van der Waals surface area contributed by atoms with Gasteiger partial charge >= 0.3 is 0 Å². The molecule has 0 radical (unpaired) electrons. The minimum absolute atomic E-state index is 0.109. The molecule has 1 heteroatoms. The molecule has 0 aromatic rings. The SMILES string of the molecule is CCC(C)C12CCC3C(C(C)CCCC(C)C)CCC3(N)C1CC=C1CCCCC12. The maximum absolute atomic E-state index is 7.59. The van der Waals surface area contributed by atoms with Gasteiger partial charge in [-0.1, -0.05) is 78.4 Å². The molecule has 0 aromatic carbocycles. The predicted octanol–water partition coefficient (Wildman–Crippen LogP) is 8.14. The second kappa shape index (κ2) is 8.92. The summed E-state index contributed by atoms with van der Waals surface area (Å²) in [5.41, 5.74) is 10.0. The molecule has 0 amide bonds. The van der Waals surface area contributed by atoms with Crippen molar-refractivity contribution < 1.29 is 0 Å². The van der Waals surface area contributed by atoms with Gasteiger partial charge in [0.25, 0.3) is 0 Å². The zero-order valence-electron chi connectivity index (χ0n) is 20.9. The van der Waals surface area contributed by atoms with Gasteiger partial charge in [0.1, 0.15) is 0 Å². The Hall–Kier alpha value is -0.300. The highest BCUT2D eigenvalue weighted by Crippen LogP contribution is 2.68. The van der Waals surface area contributed by atoms with Crippen molar-refractivity contribution in [2.24, 2.45) is 52.6 Å². The van der Waals surface area contributed by atoms with Gasteiger partial charge in [0.05, 0.1) is 0 Å². The van der Waals surface area contributed by atoms with Crippen molar-refractivity contribution in [3.8, 4) is 0 Å². The molecule has 4 aliphatic carbocycles. The minimum Gasteiger partial charge on any atom is -0.325 e. The van der Waals surface area contributed by atoms with Gasteiger partial charge < -0.3 is 5.73 Å². The number of hydrogen-bond acceptors (Lipinski definition) is 1. The van der Waals surface area contributed by atoms with Gasteiger partial charge in [0, 0.05) is 5.54 Å². The molecule has 2 N–H and O–H groups in total. The molecule has 8 unspecified atom stereocenters.